The zero-order chi connectivity index (χ0) is 23.2. The van der Waals surface area contributed by atoms with Crippen LogP contribution in [0.2, 0.25) is 0 Å². The second-order valence-electron chi connectivity index (χ2n) is 6.77. The largest absolute Gasteiger partial charge is 0.507 e. The number of hydrazone groups is 1. The number of tetrazole rings is 1. The van der Waals surface area contributed by atoms with E-state index in [0.717, 1.165) is 5.56 Å². The molecule has 0 saturated heterocycles. The minimum absolute atomic E-state index is 0.0943. The van der Waals surface area contributed by atoms with Crippen molar-refractivity contribution in [2.75, 3.05) is 0 Å². The molecule has 0 saturated carbocycles. The number of nitroso groups, excluding NO2 is 1. The molecule has 1 amide bonds. The number of hydrogen-bond donors (Lipinski definition) is 2. The fraction of sp³-hybridized carbons (Fsp3) is 0.0455. The number of amides is 1. The molecule has 0 bridgehead atoms. The first-order valence-electron chi connectivity index (χ1n) is 9.64. The first-order chi connectivity index (χ1) is 16.0. The van der Waals surface area contributed by atoms with Crippen molar-refractivity contribution in [2.24, 2.45) is 10.3 Å². The van der Waals surface area contributed by atoms with Gasteiger partial charge in [0.25, 0.3) is 5.91 Å². The number of phenolic OH excluding ortho intramolecular Hbond substituents is 1. The summed E-state index contributed by atoms with van der Waals surface area (Å²) in [6.07, 6.45) is 1.33. The van der Waals surface area contributed by atoms with Crippen LogP contribution in [0.15, 0.2) is 81.9 Å². The van der Waals surface area contributed by atoms with Crippen molar-refractivity contribution in [1.82, 2.24) is 25.6 Å². The molecule has 11 nitrogen and oxygen atoms in total. The van der Waals surface area contributed by atoms with Crippen LogP contribution >= 0.6 is 0 Å². The van der Waals surface area contributed by atoms with Gasteiger partial charge in [0.1, 0.15) is 29.5 Å². The Balaban J connectivity index is 1.36. The molecule has 11 heteroatoms. The molecule has 0 aliphatic heterocycles. The summed E-state index contributed by atoms with van der Waals surface area (Å²) in [5, 5.41) is 28.4. The normalized spacial score (nSPS) is 10.9. The van der Waals surface area contributed by atoms with Crippen LogP contribution in [0, 0.1) is 4.91 Å². The molecule has 0 fully saturated rings. The quantitative estimate of drug-likeness (QED) is 0.241. The number of aromatic nitrogens is 4. The number of hydrogen-bond acceptors (Lipinski definition) is 9. The zero-order valence-corrected chi connectivity index (χ0v) is 17.1. The lowest BCUT2D eigenvalue weighted by Gasteiger charge is -2.04. The van der Waals surface area contributed by atoms with Gasteiger partial charge in [0, 0.05) is 16.7 Å². The number of carbonyl (C=O) groups excluding carboxylic acids is 1. The van der Waals surface area contributed by atoms with E-state index in [1.165, 1.54) is 23.1 Å². The number of aromatic hydroxyl groups is 1. The third-order valence-electron chi connectivity index (χ3n) is 4.48. The number of phenols is 1. The standard InChI is InChI=1S/C22H17N7O4/c1-14(27-32)18-11-16(7-9-19(18)30)20-10-8-17(33-20)12-23-24-21(31)13-29-26-22(25-28-29)15-5-3-2-4-6-15/h2-12,30H,1,13H2,(H,24,31)/b23-12+. The lowest BCUT2D eigenvalue weighted by molar-refractivity contribution is -0.122. The molecule has 2 aromatic carbocycles. The maximum Gasteiger partial charge on any atom is 0.263 e. The van der Waals surface area contributed by atoms with E-state index in [-0.39, 0.29) is 23.6 Å². The molecule has 0 aliphatic rings. The highest BCUT2D eigenvalue weighted by Crippen LogP contribution is 2.31. The molecule has 0 unspecified atom stereocenters. The van der Waals surface area contributed by atoms with Gasteiger partial charge in [0.15, 0.2) is 0 Å². The molecule has 2 N–H and O–H groups in total. The topological polar surface area (TPSA) is 148 Å². The van der Waals surface area contributed by atoms with Crippen molar-refractivity contribution in [2.45, 2.75) is 6.54 Å². The van der Waals surface area contributed by atoms with Gasteiger partial charge >= 0.3 is 0 Å². The van der Waals surface area contributed by atoms with Crippen LogP contribution in [-0.2, 0) is 11.3 Å². The molecule has 4 aromatic rings. The Hall–Kier alpha value is -4.93. The van der Waals surface area contributed by atoms with Gasteiger partial charge in [0.2, 0.25) is 5.82 Å². The molecule has 2 aromatic heterocycles. The molecule has 4 rings (SSSR count). The SMILES string of the molecule is C=C(N=O)c1cc(-c2ccc(/C=N/NC(=O)Cn3nnc(-c4ccccc4)n3)o2)ccc1O. The molecule has 0 radical (unpaired) electrons. The van der Waals surface area contributed by atoms with Gasteiger partial charge in [-0.25, -0.2) is 5.43 Å². The van der Waals surface area contributed by atoms with Crippen molar-refractivity contribution in [3.63, 3.8) is 0 Å². The summed E-state index contributed by atoms with van der Waals surface area (Å²) in [4.78, 5) is 24.0. The summed E-state index contributed by atoms with van der Waals surface area (Å²) < 4.78 is 5.67. The van der Waals surface area contributed by atoms with E-state index in [1.54, 1.807) is 18.2 Å². The van der Waals surface area contributed by atoms with Crippen LogP contribution in [0.5, 0.6) is 5.75 Å². The van der Waals surface area contributed by atoms with E-state index in [1.807, 2.05) is 30.3 Å². The smallest absolute Gasteiger partial charge is 0.263 e. The number of benzene rings is 2. The van der Waals surface area contributed by atoms with Gasteiger partial charge in [-0.2, -0.15) is 9.90 Å². The number of nitrogens with zero attached hydrogens (tertiary/aromatic N) is 6. The lowest BCUT2D eigenvalue weighted by atomic mass is 10.1. The van der Waals surface area contributed by atoms with E-state index in [2.05, 4.69) is 37.7 Å². The average Bonchev–Trinajstić information content (AvgIpc) is 3.49. The number of rotatable bonds is 8. The van der Waals surface area contributed by atoms with E-state index < -0.39 is 5.91 Å². The third-order valence-corrected chi connectivity index (χ3v) is 4.48. The van der Waals surface area contributed by atoms with Crippen molar-refractivity contribution >= 4 is 17.8 Å². The maximum atomic E-state index is 12.1. The Morgan fingerprint density at radius 1 is 1.15 bits per heavy atom. The van der Waals surface area contributed by atoms with Crippen molar-refractivity contribution < 1.29 is 14.3 Å². The van der Waals surface area contributed by atoms with Gasteiger partial charge in [-0.1, -0.05) is 36.9 Å². The second-order valence-corrected chi connectivity index (χ2v) is 6.77. The van der Waals surface area contributed by atoms with Gasteiger partial charge in [-0.05, 0) is 40.7 Å². The molecular formula is C22H17N7O4. The van der Waals surface area contributed by atoms with Crippen LogP contribution in [-0.4, -0.2) is 37.4 Å². The Morgan fingerprint density at radius 2 is 1.97 bits per heavy atom. The number of furan rings is 1. The molecule has 164 valence electrons. The average molecular weight is 443 g/mol. The number of carbonyl (C=O) groups is 1. The summed E-state index contributed by atoms with van der Waals surface area (Å²) >= 11 is 0. The first-order valence-corrected chi connectivity index (χ1v) is 9.64. The van der Waals surface area contributed by atoms with Crippen LogP contribution < -0.4 is 5.43 Å². The number of nitrogens with one attached hydrogen (secondary N) is 1. The van der Waals surface area contributed by atoms with E-state index in [0.29, 0.717) is 22.9 Å². The van der Waals surface area contributed by atoms with Crippen LogP contribution in [0.25, 0.3) is 28.4 Å². The third kappa shape index (κ3) is 5.05. The second kappa shape index (κ2) is 9.47. The maximum absolute atomic E-state index is 12.1. The first kappa shape index (κ1) is 21.3. The van der Waals surface area contributed by atoms with E-state index >= 15 is 0 Å². The van der Waals surface area contributed by atoms with Crippen LogP contribution in [0.4, 0.5) is 0 Å². The summed E-state index contributed by atoms with van der Waals surface area (Å²) in [7, 11) is 0. The summed E-state index contributed by atoms with van der Waals surface area (Å²) in [6.45, 7) is 3.34. The summed E-state index contributed by atoms with van der Waals surface area (Å²) in [5.74, 6) is 0.690. The molecule has 0 spiro atoms. The van der Waals surface area contributed by atoms with Crippen molar-refractivity contribution in [3.8, 4) is 28.5 Å². The van der Waals surface area contributed by atoms with Crippen molar-refractivity contribution in [3.05, 3.63) is 83.5 Å². The Labute approximate surface area is 187 Å². The fourth-order valence-electron chi connectivity index (χ4n) is 2.89. The Kier molecular flexibility index (Phi) is 6.12. The molecule has 0 atom stereocenters. The minimum Gasteiger partial charge on any atom is -0.507 e. The molecule has 33 heavy (non-hydrogen) atoms. The zero-order valence-electron chi connectivity index (χ0n) is 17.1. The predicted octanol–water partition coefficient (Wildman–Crippen LogP) is 3.19. The van der Waals surface area contributed by atoms with Crippen LogP contribution in [0.1, 0.15) is 11.3 Å². The molecular weight excluding hydrogens is 426 g/mol. The minimum atomic E-state index is -0.446. The van der Waals surface area contributed by atoms with Gasteiger partial charge in [-0.15, -0.1) is 15.1 Å². The molecule has 2 heterocycles. The monoisotopic (exact) mass is 443 g/mol. The summed E-state index contributed by atoms with van der Waals surface area (Å²) in [5.41, 5.74) is 3.87. The van der Waals surface area contributed by atoms with Crippen molar-refractivity contribution in [1.29, 1.82) is 0 Å². The van der Waals surface area contributed by atoms with E-state index in [9.17, 15) is 14.8 Å². The van der Waals surface area contributed by atoms with E-state index in [4.69, 9.17) is 4.42 Å². The predicted molar refractivity (Wildman–Crippen MR) is 120 cm³/mol. The Bertz CT molecular complexity index is 1340. The highest BCUT2D eigenvalue weighted by Gasteiger charge is 2.11. The van der Waals surface area contributed by atoms with Gasteiger partial charge < -0.3 is 9.52 Å². The highest BCUT2D eigenvalue weighted by molar-refractivity contribution is 5.81. The summed E-state index contributed by atoms with van der Waals surface area (Å²) in [6, 6.07) is 17.2. The van der Waals surface area contributed by atoms with Crippen LogP contribution in [0.3, 0.4) is 0 Å². The van der Waals surface area contributed by atoms with Gasteiger partial charge in [0.05, 0.1) is 6.21 Å². The highest BCUT2D eigenvalue weighted by atomic mass is 16.3. The Morgan fingerprint density at radius 3 is 2.76 bits per heavy atom. The molecule has 0 aliphatic carbocycles. The lowest BCUT2D eigenvalue weighted by Crippen LogP contribution is -2.24. The fourth-order valence-corrected chi connectivity index (χ4v) is 2.89. The van der Waals surface area contributed by atoms with Gasteiger partial charge in [-0.3, -0.25) is 4.79 Å².